The van der Waals surface area contributed by atoms with Crippen molar-refractivity contribution in [2.75, 3.05) is 27.8 Å². The Hall–Kier alpha value is -2.90. The number of imide groups is 1. The van der Waals surface area contributed by atoms with Crippen molar-refractivity contribution in [3.8, 4) is 16.9 Å². The van der Waals surface area contributed by atoms with E-state index in [9.17, 15) is 14.4 Å². The smallest absolute Gasteiger partial charge is 0.327 e. The number of hydrogen-bond acceptors (Lipinski definition) is 6. The van der Waals surface area contributed by atoms with Crippen LogP contribution in [0.4, 0.5) is 0 Å². The molecule has 0 N–H and O–H groups in total. The van der Waals surface area contributed by atoms with Crippen LogP contribution in [0.1, 0.15) is 24.4 Å². The first-order chi connectivity index (χ1) is 15.8. The molecule has 2 amide bonds. The van der Waals surface area contributed by atoms with Crippen molar-refractivity contribution in [2.45, 2.75) is 24.4 Å². The van der Waals surface area contributed by atoms with Crippen molar-refractivity contribution < 1.29 is 23.9 Å². The molecular formula is C25H25ClN2O5. The Morgan fingerprint density at radius 3 is 2.61 bits per heavy atom. The fourth-order valence-electron chi connectivity index (χ4n) is 6.13. The highest BCUT2D eigenvalue weighted by Crippen LogP contribution is 2.59. The van der Waals surface area contributed by atoms with Crippen LogP contribution in [0, 0.1) is 11.8 Å². The average molecular weight is 469 g/mol. The highest BCUT2D eigenvalue weighted by Gasteiger charge is 2.73. The summed E-state index contributed by atoms with van der Waals surface area (Å²) in [6.45, 7) is 0.607. The van der Waals surface area contributed by atoms with Crippen molar-refractivity contribution in [3.05, 3.63) is 53.1 Å². The molecule has 172 valence electrons. The van der Waals surface area contributed by atoms with Crippen LogP contribution in [-0.2, 0) is 19.1 Å². The molecule has 0 spiro atoms. The van der Waals surface area contributed by atoms with Gasteiger partial charge < -0.3 is 9.47 Å². The number of halogens is 1. The van der Waals surface area contributed by atoms with E-state index in [0.717, 1.165) is 23.1 Å². The highest BCUT2D eigenvalue weighted by atomic mass is 35.5. The minimum atomic E-state index is -1.12. The number of hydrogen-bond donors (Lipinski definition) is 0. The molecule has 3 aliphatic rings. The first-order valence-corrected chi connectivity index (χ1v) is 11.3. The fraction of sp³-hybridized carbons (Fsp3) is 0.400. The van der Waals surface area contributed by atoms with E-state index < -0.39 is 29.4 Å². The molecule has 0 aliphatic carbocycles. The SMILES string of the molecule is COC(=O)[C@@]12CCCN1[C@H](c1ccc(-c3cccc(Cl)c3)c(OC)c1)[C@H]1C(=O)N(C)C(=O)[C@H]12. The summed E-state index contributed by atoms with van der Waals surface area (Å²) < 4.78 is 10.9. The van der Waals surface area contributed by atoms with E-state index in [0.29, 0.717) is 23.7 Å². The van der Waals surface area contributed by atoms with E-state index in [2.05, 4.69) is 0 Å². The Bertz CT molecular complexity index is 1170. The number of fused-ring (bicyclic) bond motifs is 3. The van der Waals surface area contributed by atoms with Crippen LogP contribution in [0.5, 0.6) is 5.75 Å². The lowest BCUT2D eigenvalue weighted by atomic mass is 9.77. The molecule has 3 heterocycles. The quantitative estimate of drug-likeness (QED) is 0.506. The second kappa shape index (κ2) is 7.85. The maximum atomic E-state index is 13.2. The number of likely N-dealkylation sites (tertiary alicyclic amines) is 1. The first kappa shape index (κ1) is 21.9. The summed E-state index contributed by atoms with van der Waals surface area (Å²) in [7, 11) is 4.42. The van der Waals surface area contributed by atoms with E-state index >= 15 is 0 Å². The van der Waals surface area contributed by atoms with Crippen LogP contribution in [-0.4, -0.2) is 60.9 Å². The summed E-state index contributed by atoms with van der Waals surface area (Å²) in [4.78, 5) is 42.7. The molecule has 0 radical (unpaired) electrons. The number of esters is 1. The molecule has 4 atom stereocenters. The Kier molecular flexibility index (Phi) is 5.21. The van der Waals surface area contributed by atoms with Crippen LogP contribution >= 0.6 is 11.6 Å². The van der Waals surface area contributed by atoms with Crippen LogP contribution in [0.2, 0.25) is 5.02 Å². The molecular weight excluding hydrogens is 444 g/mol. The van der Waals surface area contributed by atoms with Gasteiger partial charge in [-0.25, -0.2) is 0 Å². The van der Waals surface area contributed by atoms with E-state index in [1.54, 1.807) is 7.11 Å². The topological polar surface area (TPSA) is 76.2 Å². The van der Waals surface area contributed by atoms with Gasteiger partial charge >= 0.3 is 5.97 Å². The summed E-state index contributed by atoms with van der Waals surface area (Å²) >= 11 is 6.18. The lowest BCUT2D eigenvalue weighted by molar-refractivity contribution is -0.158. The third kappa shape index (κ3) is 2.95. The zero-order valence-electron chi connectivity index (χ0n) is 18.7. The third-order valence-corrected chi connectivity index (χ3v) is 7.71. The minimum absolute atomic E-state index is 0.259. The van der Waals surface area contributed by atoms with Crippen LogP contribution in [0.15, 0.2) is 42.5 Å². The molecule has 0 bridgehead atoms. The molecule has 5 rings (SSSR count). The van der Waals surface area contributed by atoms with Gasteiger partial charge in [0.25, 0.3) is 0 Å². The second-order valence-corrected chi connectivity index (χ2v) is 9.30. The maximum Gasteiger partial charge on any atom is 0.327 e. The molecule has 33 heavy (non-hydrogen) atoms. The Morgan fingerprint density at radius 1 is 1.12 bits per heavy atom. The summed E-state index contributed by atoms with van der Waals surface area (Å²) in [5.41, 5.74) is 1.48. The molecule has 0 saturated carbocycles. The molecule has 0 unspecified atom stereocenters. The second-order valence-electron chi connectivity index (χ2n) is 8.87. The normalized spacial score (nSPS) is 28.7. The van der Waals surface area contributed by atoms with Crippen molar-refractivity contribution >= 4 is 29.4 Å². The third-order valence-electron chi connectivity index (χ3n) is 7.47. The van der Waals surface area contributed by atoms with Gasteiger partial charge in [0, 0.05) is 23.7 Å². The average Bonchev–Trinajstić information content (AvgIpc) is 3.44. The van der Waals surface area contributed by atoms with Crippen LogP contribution in [0.3, 0.4) is 0 Å². The number of rotatable bonds is 4. The first-order valence-electron chi connectivity index (χ1n) is 11.0. The Balaban J connectivity index is 1.65. The summed E-state index contributed by atoms with van der Waals surface area (Å²) in [5.74, 6) is -1.79. The number of benzene rings is 2. The number of carbonyl (C=O) groups is 3. The summed E-state index contributed by atoms with van der Waals surface area (Å²) in [6.07, 6.45) is 1.24. The zero-order valence-corrected chi connectivity index (χ0v) is 19.5. The molecule has 2 aromatic carbocycles. The fourth-order valence-corrected chi connectivity index (χ4v) is 6.32. The molecule has 3 saturated heterocycles. The number of ether oxygens (including phenoxy) is 2. The lowest BCUT2D eigenvalue weighted by Gasteiger charge is -2.35. The number of amides is 2. The van der Waals surface area contributed by atoms with Gasteiger partial charge in [-0.2, -0.15) is 0 Å². The number of carbonyl (C=O) groups excluding carboxylic acids is 3. The zero-order chi connectivity index (χ0) is 23.5. The van der Waals surface area contributed by atoms with E-state index in [-0.39, 0.29) is 11.8 Å². The van der Waals surface area contributed by atoms with Crippen LogP contribution < -0.4 is 4.74 Å². The largest absolute Gasteiger partial charge is 0.496 e. The van der Waals surface area contributed by atoms with Gasteiger partial charge in [-0.15, -0.1) is 0 Å². The van der Waals surface area contributed by atoms with E-state index in [4.69, 9.17) is 21.1 Å². The lowest BCUT2D eigenvalue weighted by Crippen LogP contribution is -2.54. The van der Waals surface area contributed by atoms with Crippen molar-refractivity contribution in [1.29, 1.82) is 0 Å². The summed E-state index contributed by atoms with van der Waals surface area (Å²) in [6, 6.07) is 12.9. The molecule has 3 fully saturated rings. The van der Waals surface area contributed by atoms with Gasteiger partial charge in [0.2, 0.25) is 11.8 Å². The van der Waals surface area contributed by atoms with E-state index in [1.165, 1.54) is 19.1 Å². The van der Waals surface area contributed by atoms with Gasteiger partial charge in [0.1, 0.15) is 11.3 Å². The van der Waals surface area contributed by atoms with Crippen molar-refractivity contribution in [2.24, 2.45) is 11.8 Å². The molecule has 8 heteroatoms. The van der Waals surface area contributed by atoms with Gasteiger partial charge in [0.05, 0.1) is 26.1 Å². The maximum absolute atomic E-state index is 13.2. The van der Waals surface area contributed by atoms with Gasteiger partial charge in [-0.05, 0) is 48.7 Å². The van der Waals surface area contributed by atoms with Gasteiger partial charge in [-0.3, -0.25) is 24.2 Å². The molecule has 7 nitrogen and oxygen atoms in total. The van der Waals surface area contributed by atoms with E-state index in [1.807, 2.05) is 47.4 Å². The Morgan fingerprint density at radius 2 is 1.91 bits per heavy atom. The molecule has 0 aromatic heterocycles. The van der Waals surface area contributed by atoms with Crippen molar-refractivity contribution in [1.82, 2.24) is 9.80 Å². The number of nitrogens with zero attached hydrogens (tertiary/aromatic N) is 2. The predicted molar refractivity (Wildman–Crippen MR) is 122 cm³/mol. The minimum Gasteiger partial charge on any atom is -0.496 e. The molecule has 2 aromatic rings. The predicted octanol–water partition coefficient (Wildman–Crippen LogP) is 3.31. The highest BCUT2D eigenvalue weighted by molar-refractivity contribution is 6.30. The van der Waals surface area contributed by atoms with Crippen molar-refractivity contribution in [3.63, 3.8) is 0 Å². The standard InChI is InChI=1S/C25H25ClN2O5/c1-27-22(29)19-20(23(27)30)25(24(31)33-3)10-5-11-28(25)21(19)15-8-9-17(18(13-15)32-2)14-6-4-7-16(26)12-14/h4,6-9,12-13,19-21H,5,10-11H2,1-3H3/t19-,20-,21+,25-/m0/s1. The number of methoxy groups -OCH3 is 2. The molecule has 3 aliphatic heterocycles. The summed E-state index contributed by atoms with van der Waals surface area (Å²) in [5, 5.41) is 0.621. The van der Waals surface area contributed by atoms with Gasteiger partial charge in [-0.1, -0.05) is 35.9 Å². The monoisotopic (exact) mass is 468 g/mol. The Labute approximate surface area is 197 Å². The van der Waals surface area contributed by atoms with Crippen LogP contribution in [0.25, 0.3) is 11.1 Å². The van der Waals surface area contributed by atoms with Gasteiger partial charge in [0.15, 0.2) is 0 Å².